The molecule has 7 rings (SSSR count). The van der Waals surface area contributed by atoms with Crippen LogP contribution in [0, 0.1) is 0 Å². The van der Waals surface area contributed by atoms with Gasteiger partial charge >= 0.3 is 0 Å². The summed E-state index contributed by atoms with van der Waals surface area (Å²) in [4.78, 5) is 19.5. The Hall–Kier alpha value is -3.17. The number of hydrogen-bond acceptors (Lipinski definition) is 6. The summed E-state index contributed by atoms with van der Waals surface area (Å²) in [6.45, 7) is 8.58. The molecule has 9 heteroatoms. The van der Waals surface area contributed by atoms with Crippen molar-refractivity contribution >= 4 is 17.4 Å². The average Bonchev–Trinajstić information content (AvgIpc) is 3.71. The van der Waals surface area contributed by atoms with E-state index in [-0.39, 0.29) is 5.91 Å². The largest absolute Gasteiger partial charge is 0.338 e. The maximum atomic E-state index is 12.4. The molecule has 1 aromatic carbocycles. The standard InChI is InChI=1S/C30H40N8O/c1-21(39)35-15-10-29-27(20-35)30(33-38(29)26-9-14-36(19-26)25-7-11-31-12-8-25)37-13-3-4-23-16-22(5-6-28(23)37)24-17-32-34(2)18-24/h5-6,16-18,25-26,31H,3-4,7-15,19-20H2,1-2H3. The third kappa shape index (κ3) is 4.55. The highest BCUT2D eigenvalue weighted by Crippen LogP contribution is 2.41. The molecule has 0 aliphatic carbocycles. The highest BCUT2D eigenvalue weighted by molar-refractivity contribution is 5.76. The second kappa shape index (κ2) is 10.1. The molecule has 2 saturated heterocycles. The van der Waals surface area contributed by atoms with E-state index in [1.165, 1.54) is 40.9 Å². The maximum absolute atomic E-state index is 12.4. The van der Waals surface area contributed by atoms with Crippen LogP contribution in [0.1, 0.15) is 55.5 Å². The van der Waals surface area contributed by atoms with Crippen LogP contribution >= 0.6 is 0 Å². The lowest BCUT2D eigenvalue weighted by atomic mass is 9.96. The number of nitrogens with one attached hydrogen (secondary N) is 1. The van der Waals surface area contributed by atoms with Crippen LogP contribution in [0.5, 0.6) is 0 Å². The topological polar surface area (TPSA) is 74.5 Å². The number of carbonyl (C=O) groups is 1. The van der Waals surface area contributed by atoms with Gasteiger partial charge in [-0.25, -0.2) is 0 Å². The van der Waals surface area contributed by atoms with Gasteiger partial charge in [-0.15, -0.1) is 0 Å². The minimum atomic E-state index is 0.150. The number of piperidine rings is 1. The van der Waals surface area contributed by atoms with E-state index in [0.29, 0.717) is 18.6 Å². The fraction of sp³-hybridized carbons (Fsp3) is 0.567. The van der Waals surface area contributed by atoms with Crippen molar-refractivity contribution in [3.63, 3.8) is 0 Å². The first kappa shape index (κ1) is 24.8. The van der Waals surface area contributed by atoms with Crippen molar-refractivity contribution in [2.24, 2.45) is 7.05 Å². The number of amides is 1. The van der Waals surface area contributed by atoms with Gasteiger partial charge in [-0.05, 0) is 68.5 Å². The number of fused-ring (bicyclic) bond motifs is 2. The van der Waals surface area contributed by atoms with Crippen molar-refractivity contribution < 1.29 is 4.79 Å². The minimum absolute atomic E-state index is 0.150. The molecule has 0 bridgehead atoms. The molecule has 0 spiro atoms. The summed E-state index contributed by atoms with van der Waals surface area (Å²) in [7, 11) is 1.96. The molecule has 4 aliphatic heterocycles. The molecule has 3 aromatic rings. The average molecular weight is 529 g/mol. The number of benzene rings is 1. The fourth-order valence-electron chi connectivity index (χ4n) is 7.25. The first-order valence-electron chi connectivity index (χ1n) is 14.7. The first-order valence-corrected chi connectivity index (χ1v) is 14.7. The van der Waals surface area contributed by atoms with Crippen LogP contribution in [0.15, 0.2) is 30.6 Å². The summed E-state index contributed by atoms with van der Waals surface area (Å²) in [5.41, 5.74) is 7.57. The molecule has 6 heterocycles. The number of aromatic nitrogens is 4. The summed E-state index contributed by atoms with van der Waals surface area (Å²) >= 11 is 0. The second-order valence-corrected chi connectivity index (χ2v) is 11.8. The summed E-state index contributed by atoms with van der Waals surface area (Å²) in [5.74, 6) is 1.21. The lowest BCUT2D eigenvalue weighted by molar-refractivity contribution is -0.129. The Labute approximate surface area is 230 Å². The summed E-state index contributed by atoms with van der Waals surface area (Å²) in [6.07, 6.45) is 10.7. The molecular weight excluding hydrogens is 488 g/mol. The van der Waals surface area contributed by atoms with Gasteiger partial charge in [0.2, 0.25) is 5.91 Å². The Morgan fingerprint density at radius 3 is 2.69 bits per heavy atom. The summed E-state index contributed by atoms with van der Waals surface area (Å²) in [6, 6.07) is 7.91. The normalized spacial score (nSPS) is 22.3. The van der Waals surface area contributed by atoms with Crippen LogP contribution < -0.4 is 10.2 Å². The van der Waals surface area contributed by atoms with Gasteiger partial charge < -0.3 is 15.1 Å². The molecule has 0 saturated carbocycles. The van der Waals surface area contributed by atoms with E-state index >= 15 is 0 Å². The van der Waals surface area contributed by atoms with Crippen LogP contribution in [-0.4, -0.2) is 80.6 Å². The zero-order valence-corrected chi connectivity index (χ0v) is 23.3. The Balaban J connectivity index is 1.23. The monoisotopic (exact) mass is 528 g/mol. The van der Waals surface area contributed by atoms with Gasteiger partial charge in [0, 0.05) is 81.3 Å². The van der Waals surface area contributed by atoms with Gasteiger partial charge in [-0.2, -0.15) is 10.2 Å². The minimum Gasteiger partial charge on any atom is -0.338 e. The van der Waals surface area contributed by atoms with Crippen molar-refractivity contribution in [3.05, 3.63) is 47.4 Å². The second-order valence-electron chi connectivity index (χ2n) is 11.8. The molecule has 1 unspecified atom stereocenters. The molecule has 206 valence electrons. The van der Waals surface area contributed by atoms with Crippen LogP contribution in [-0.2, 0) is 31.2 Å². The Morgan fingerprint density at radius 1 is 1.03 bits per heavy atom. The van der Waals surface area contributed by atoms with Crippen LogP contribution in [0.4, 0.5) is 11.5 Å². The smallest absolute Gasteiger partial charge is 0.219 e. The lowest BCUT2D eigenvalue weighted by Crippen LogP contribution is -2.42. The Kier molecular flexibility index (Phi) is 6.43. The van der Waals surface area contributed by atoms with E-state index < -0.39 is 0 Å². The lowest BCUT2D eigenvalue weighted by Gasteiger charge is -2.32. The molecule has 39 heavy (non-hydrogen) atoms. The van der Waals surface area contributed by atoms with Crippen molar-refractivity contribution in [2.45, 2.75) is 64.1 Å². The van der Waals surface area contributed by atoms with Gasteiger partial charge in [0.25, 0.3) is 0 Å². The number of carbonyl (C=O) groups excluding carboxylic acids is 1. The number of rotatable bonds is 4. The van der Waals surface area contributed by atoms with Crippen LogP contribution in [0.2, 0.25) is 0 Å². The van der Waals surface area contributed by atoms with E-state index in [1.807, 2.05) is 22.8 Å². The number of hydrogen-bond donors (Lipinski definition) is 1. The van der Waals surface area contributed by atoms with E-state index in [4.69, 9.17) is 5.10 Å². The van der Waals surface area contributed by atoms with E-state index in [9.17, 15) is 4.79 Å². The van der Waals surface area contributed by atoms with Crippen LogP contribution in [0.3, 0.4) is 0 Å². The molecule has 9 nitrogen and oxygen atoms in total. The number of anilines is 2. The Morgan fingerprint density at radius 2 is 1.90 bits per heavy atom. The third-order valence-electron chi connectivity index (χ3n) is 9.37. The number of nitrogens with zero attached hydrogens (tertiary/aromatic N) is 7. The molecule has 1 atom stereocenters. The zero-order valence-electron chi connectivity index (χ0n) is 23.3. The van der Waals surface area contributed by atoms with Crippen molar-refractivity contribution in [3.8, 4) is 11.1 Å². The summed E-state index contributed by atoms with van der Waals surface area (Å²) < 4.78 is 4.23. The predicted octanol–water partition coefficient (Wildman–Crippen LogP) is 3.27. The number of aryl methyl sites for hydroxylation is 2. The molecule has 1 amide bonds. The number of likely N-dealkylation sites (tertiary alicyclic amines) is 1. The fourth-order valence-corrected chi connectivity index (χ4v) is 7.25. The van der Waals surface area contributed by atoms with Gasteiger partial charge in [-0.1, -0.05) is 6.07 Å². The SMILES string of the molecule is CC(=O)N1CCc2c(c(N3CCCc4cc(-c5cnn(C)c5)ccc43)nn2C2CCN(C3CCNCC3)C2)C1. The van der Waals surface area contributed by atoms with Gasteiger partial charge in [0.15, 0.2) is 5.82 Å². The zero-order chi connectivity index (χ0) is 26.5. The molecule has 4 aliphatic rings. The quantitative estimate of drug-likeness (QED) is 0.560. The molecule has 0 radical (unpaired) electrons. The van der Waals surface area contributed by atoms with Crippen molar-refractivity contribution in [2.75, 3.05) is 44.2 Å². The van der Waals surface area contributed by atoms with E-state index in [0.717, 1.165) is 76.3 Å². The van der Waals surface area contributed by atoms with Gasteiger partial charge in [0.05, 0.1) is 18.8 Å². The first-order chi connectivity index (χ1) is 19.0. The van der Waals surface area contributed by atoms with Crippen LogP contribution in [0.25, 0.3) is 11.1 Å². The highest BCUT2D eigenvalue weighted by Gasteiger charge is 2.36. The Bertz CT molecular complexity index is 1370. The third-order valence-corrected chi connectivity index (χ3v) is 9.37. The maximum Gasteiger partial charge on any atom is 0.219 e. The predicted molar refractivity (Wildman–Crippen MR) is 152 cm³/mol. The molecule has 1 N–H and O–H groups in total. The molecule has 2 fully saturated rings. The van der Waals surface area contributed by atoms with E-state index in [2.05, 4.69) is 49.3 Å². The summed E-state index contributed by atoms with van der Waals surface area (Å²) in [5, 5.41) is 13.3. The van der Waals surface area contributed by atoms with E-state index in [1.54, 1.807) is 6.92 Å². The van der Waals surface area contributed by atoms with Crippen molar-refractivity contribution in [1.29, 1.82) is 0 Å². The van der Waals surface area contributed by atoms with Gasteiger partial charge in [-0.3, -0.25) is 19.1 Å². The molecular formula is C30H40N8O. The highest BCUT2D eigenvalue weighted by atomic mass is 16.2. The molecule has 2 aromatic heterocycles. The van der Waals surface area contributed by atoms with Crippen molar-refractivity contribution in [1.82, 2.24) is 34.7 Å². The van der Waals surface area contributed by atoms with Gasteiger partial charge in [0.1, 0.15) is 0 Å².